The molecule has 0 aliphatic heterocycles. The van der Waals surface area contributed by atoms with Crippen molar-refractivity contribution in [2.45, 2.75) is 38.8 Å². The van der Waals surface area contributed by atoms with Crippen LogP contribution in [0, 0.1) is 0 Å². The summed E-state index contributed by atoms with van der Waals surface area (Å²) in [5.74, 6) is 0.0136. The molecule has 1 aromatic carbocycles. The third-order valence-corrected chi connectivity index (χ3v) is 3.89. The molecule has 0 bridgehead atoms. The van der Waals surface area contributed by atoms with Gasteiger partial charge in [0.05, 0.1) is 12.6 Å². The Morgan fingerprint density at radius 2 is 2.05 bits per heavy atom. The first-order chi connectivity index (χ1) is 10.0. The average molecular weight is 312 g/mol. The van der Waals surface area contributed by atoms with Gasteiger partial charge < -0.3 is 11.1 Å². The molecular formula is C16H26ClN3O. The minimum atomic E-state index is -0.0751. The number of benzene rings is 1. The highest BCUT2D eigenvalue weighted by Gasteiger charge is 2.26. The van der Waals surface area contributed by atoms with Crippen LogP contribution in [0.2, 0.25) is 5.02 Å². The molecule has 1 amide bonds. The van der Waals surface area contributed by atoms with Crippen molar-refractivity contribution >= 4 is 17.5 Å². The Kier molecular flexibility index (Phi) is 7.72. The molecule has 2 unspecified atom stereocenters. The van der Waals surface area contributed by atoms with Crippen LogP contribution in [-0.2, 0) is 4.79 Å². The third-order valence-electron chi connectivity index (χ3n) is 3.54. The normalized spacial score (nSPS) is 14.0. The smallest absolute Gasteiger partial charge is 0.234 e. The molecule has 2 atom stereocenters. The van der Waals surface area contributed by atoms with Crippen molar-refractivity contribution in [2.24, 2.45) is 5.73 Å². The molecule has 0 aliphatic carbocycles. The lowest BCUT2D eigenvalue weighted by molar-refractivity contribution is -0.122. The zero-order valence-corrected chi connectivity index (χ0v) is 13.9. The van der Waals surface area contributed by atoms with E-state index in [1.807, 2.05) is 50.1 Å². The third kappa shape index (κ3) is 5.30. The number of hydrogen-bond acceptors (Lipinski definition) is 3. The summed E-state index contributed by atoms with van der Waals surface area (Å²) in [6.07, 6.45) is 1.74. The van der Waals surface area contributed by atoms with Crippen molar-refractivity contribution < 1.29 is 4.79 Å². The summed E-state index contributed by atoms with van der Waals surface area (Å²) >= 11 is 6.30. The molecule has 3 N–H and O–H groups in total. The number of likely N-dealkylation sites (N-methyl/N-ethyl adjacent to an activating group) is 1. The van der Waals surface area contributed by atoms with Crippen LogP contribution in [0.1, 0.15) is 38.3 Å². The minimum absolute atomic E-state index is 0.0136. The lowest BCUT2D eigenvalue weighted by Gasteiger charge is -2.32. The van der Waals surface area contributed by atoms with E-state index in [9.17, 15) is 4.79 Å². The van der Waals surface area contributed by atoms with E-state index in [-0.39, 0.29) is 18.0 Å². The van der Waals surface area contributed by atoms with Crippen molar-refractivity contribution in [3.63, 3.8) is 0 Å². The molecule has 0 saturated carbocycles. The fraction of sp³-hybridized carbons (Fsp3) is 0.562. The van der Waals surface area contributed by atoms with E-state index < -0.39 is 0 Å². The number of nitrogens with zero attached hydrogens (tertiary/aromatic N) is 1. The molecule has 0 spiro atoms. The van der Waals surface area contributed by atoms with Crippen LogP contribution in [-0.4, -0.2) is 37.0 Å². The zero-order valence-electron chi connectivity index (χ0n) is 13.1. The number of hydrogen-bond donors (Lipinski definition) is 2. The molecule has 0 heterocycles. The first-order valence-electron chi connectivity index (χ1n) is 7.48. The minimum Gasteiger partial charge on any atom is -0.355 e. The molecule has 21 heavy (non-hydrogen) atoms. The number of nitrogens with two attached hydrogens (primary N) is 1. The maximum Gasteiger partial charge on any atom is 0.234 e. The molecule has 1 aromatic rings. The largest absolute Gasteiger partial charge is 0.355 e. The van der Waals surface area contributed by atoms with E-state index in [0.29, 0.717) is 18.1 Å². The van der Waals surface area contributed by atoms with Gasteiger partial charge in [0.15, 0.2) is 0 Å². The van der Waals surface area contributed by atoms with Gasteiger partial charge in [-0.25, -0.2) is 0 Å². The monoisotopic (exact) mass is 311 g/mol. The van der Waals surface area contributed by atoms with Gasteiger partial charge in [-0.15, -0.1) is 0 Å². The van der Waals surface area contributed by atoms with Crippen molar-refractivity contribution in [1.82, 2.24) is 10.2 Å². The summed E-state index contributed by atoms with van der Waals surface area (Å²) in [5.41, 5.74) is 7.23. The van der Waals surface area contributed by atoms with E-state index >= 15 is 0 Å². The van der Waals surface area contributed by atoms with Crippen LogP contribution in [0.4, 0.5) is 0 Å². The summed E-state index contributed by atoms with van der Waals surface area (Å²) in [7, 11) is 1.91. The summed E-state index contributed by atoms with van der Waals surface area (Å²) < 4.78 is 0. The van der Waals surface area contributed by atoms with Crippen LogP contribution in [0.25, 0.3) is 0 Å². The van der Waals surface area contributed by atoms with Crippen LogP contribution >= 0.6 is 11.6 Å². The van der Waals surface area contributed by atoms with Crippen molar-refractivity contribution in [3.8, 4) is 0 Å². The highest BCUT2D eigenvalue weighted by molar-refractivity contribution is 6.31. The molecule has 0 aliphatic rings. The van der Waals surface area contributed by atoms with E-state index in [4.69, 9.17) is 17.3 Å². The fourth-order valence-electron chi connectivity index (χ4n) is 2.38. The molecule has 0 radical (unpaired) electrons. The summed E-state index contributed by atoms with van der Waals surface area (Å²) in [4.78, 5) is 13.9. The first-order valence-corrected chi connectivity index (χ1v) is 7.85. The summed E-state index contributed by atoms with van der Waals surface area (Å²) in [6, 6.07) is 7.53. The van der Waals surface area contributed by atoms with Gasteiger partial charge in [-0.1, -0.05) is 43.6 Å². The Morgan fingerprint density at radius 1 is 1.38 bits per heavy atom. The predicted molar refractivity (Wildman–Crippen MR) is 88.4 cm³/mol. The van der Waals surface area contributed by atoms with Gasteiger partial charge in [0.25, 0.3) is 0 Å². The van der Waals surface area contributed by atoms with E-state index in [1.54, 1.807) is 0 Å². The summed E-state index contributed by atoms with van der Waals surface area (Å²) in [5, 5.41) is 3.57. The number of nitrogens with one attached hydrogen (secondary N) is 1. The second-order valence-electron chi connectivity index (χ2n) is 5.30. The highest BCUT2D eigenvalue weighted by Crippen LogP contribution is 2.29. The van der Waals surface area contributed by atoms with Gasteiger partial charge in [-0.05, 0) is 31.5 Å². The van der Waals surface area contributed by atoms with Crippen molar-refractivity contribution in [1.29, 1.82) is 0 Å². The maximum absolute atomic E-state index is 11.9. The highest BCUT2D eigenvalue weighted by atomic mass is 35.5. The Labute approximate surface area is 132 Å². The van der Waals surface area contributed by atoms with Crippen LogP contribution < -0.4 is 11.1 Å². The second kappa shape index (κ2) is 9.03. The topological polar surface area (TPSA) is 58.4 Å². The zero-order chi connectivity index (χ0) is 15.8. The van der Waals surface area contributed by atoms with Crippen molar-refractivity contribution in [3.05, 3.63) is 34.9 Å². The Balaban J connectivity index is 2.88. The molecule has 5 heteroatoms. The molecule has 118 valence electrons. The molecule has 4 nitrogen and oxygen atoms in total. The second-order valence-corrected chi connectivity index (χ2v) is 5.71. The van der Waals surface area contributed by atoms with E-state index in [0.717, 1.165) is 18.4 Å². The lowest BCUT2D eigenvalue weighted by atomic mass is 9.96. The van der Waals surface area contributed by atoms with E-state index in [1.165, 1.54) is 0 Å². The summed E-state index contributed by atoms with van der Waals surface area (Å²) in [6.45, 7) is 5.08. The van der Waals surface area contributed by atoms with Gasteiger partial charge in [0, 0.05) is 17.6 Å². The Hall–Kier alpha value is -1.10. The average Bonchev–Trinajstić information content (AvgIpc) is 2.47. The van der Waals surface area contributed by atoms with Crippen LogP contribution in [0.15, 0.2) is 24.3 Å². The van der Waals surface area contributed by atoms with Gasteiger partial charge in [-0.3, -0.25) is 9.69 Å². The van der Waals surface area contributed by atoms with Gasteiger partial charge >= 0.3 is 0 Å². The van der Waals surface area contributed by atoms with Crippen LogP contribution in [0.5, 0.6) is 0 Å². The Morgan fingerprint density at radius 3 is 2.62 bits per heavy atom. The van der Waals surface area contributed by atoms with Crippen LogP contribution in [0.3, 0.4) is 0 Å². The SMILES string of the molecule is CCCNC(=O)CN(C)C(c1ccccc1Cl)C(N)CC. The maximum atomic E-state index is 11.9. The molecule has 1 rings (SSSR count). The number of carbonyl (C=O) groups is 1. The number of carbonyl (C=O) groups excluding carboxylic acids is 1. The number of amides is 1. The van der Waals surface area contributed by atoms with E-state index in [2.05, 4.69) is 5.32 Å². The number of halogens is 1. The predicted octanol–water partition coefficient (Wildman–Crippen LogP) is 2.58. The first kappa shape index (κ1) is 18.0. The standard InChI is InChI=1S/C16H26ClN3O/c1-4-10-19-15(21)11-20(3)16(14(18)5-2)12-8-6-7-9-13(12)17/h6-9,14,16H,4-5,10-11,18H2,1-3H3,(H,19,21). The Bertz CT molecular complexity index is 453. The molecule has 0 saturated heterocycles. The fourth-order valence-corrected chi connectivity index (χ4v) is 2.63. The molecule has 0 fully saturated rings. The van der Waals surface area contributed by atoms with Crippen molar-refractivity contribution in [2.75, 3.05) is 20.1 Å². The number of rotatable bonds is 8. The van der Waals surface area contributed by atoms with Gasteiger partial charge in [0.1, 0.15) is 0 Å². The molecular weight excluding hydrogens is 286 g/mol. The van der Waals surface area contributed by atoms with Gasteiger partial charge in [-0.2, -0.15) is 0 Å². The quantitative estimate of drug-likeness (QED) is 0.776. The molecule has 0 aromatic heterocycles. The van der Waals surface area contributed by atoms with Gasteiger partial charge in [0.2, 0.25) is 5.91 Å². The lowest BCUT2D eigenvalue weighted by Crippen LogP contribution is -2.43.